The molecule has 3 rings (SSSR count). The molecule has 0 atom stereocenters. The number of hydrogen-bond acceptors (Lipinski definition) is 3. The molecule has 4 nitrogen and oxygen atoms in total. The van der Waals surface area contributed by atoms with E-state index in [1.165, 1.54) is 12.8 Å². The van der Waals surface area contributed by atoms with Crippen LogP contribution in [-0.4, -0.2) is 16.7 Å². The first-order valence-corrected chi connectivity index (χ1v) is 7.13. The Morgan fingerprint density at radius 1 is 1.35 bits per heavy atom. The van der Waals surface area contributed by atoms with Crippen LogP contribution in [0.1, 0.15) is 44.5 Å². The summed E-state index contributed by atoms with van der Waals surface area (Å²) in [6.45, 7) is 4.30. The predicted octanol–water partition coefficient (Wildman–Crippen LogP) is 3.60. The average molecular weight is 271 g/mol. The summed E-state index contributed by atoms with van der Waals surface area (Å²) >= 11 is 0. The summed E-state index contributed by atoms with van der Waals surface area (Å²) < 4.78 is 7.46. The van der Waals surface area contributed by atoms with Crippen LogP contribution < -0.4 is 10.5 Å². The molecule has 0 spiro atoms. The van der Waals surface area contributed by atoms with Gasteiger partial charge >= 0.3 is 0 Å². The zero-order valence-electron chi connectivity index (χ0n) is 12.3. The van der Waals surface area contributed by atoms with Gasteiger partial charge in [0, 0.05) is 17.5 Å². The van der Waals surface area contributed by atoms with E-state index in [9.17, 15) is 0 Å². The van der Waals surface area contributed by atoms with Gasteiger partial charge in [0.2, 0.25) is 0 Å². The molecule has 2 aromatic rings. The van der Waals surface area contributed by atoms with Crippen LogP contribution >= 0.6 is 0 Å². The first kappa shape index (κ1) is 13.0. The van der Waals surface area contributed by atoms with Crippen LogP contribution in [-0.2, 0) is 0 Å². The van der Waals surface area contributed by atoms with E-state index >= 15 is 0 Å². The van der Waals surface area contributed by atoms with Crippen molar-refractivity contribution in [2.24, 2.45) is 0 Å². The highest BCUT2D eigenvalue weighted by Crippen LogP contribution is 2.43. The largest absolute Gasteiger partial charge is 0.497 e. The minimum Gasteiger partial charge on any atom is -0.497 e. The number of benzene rings is 1. The molecule has 1 aliphatic rings. The van der Waals surface area contributed by atoms with Gasteiger partial charge in [0.25, 0.3) is 0 Å². The molecule has 0 aliphatic heterocycles. The molecule has 1 saturated carbocycles. The minimum absolute atomic E-state index is 0.331. The number of rotatable bonds is 4. The third-order valence-electron chi connectivity index (χ3n) is 3.78. The molecular weight excluding hydrogens is 250 g/mol. The van der Waals surface area contributed by atoms with Gasteiger partial charge in [-0.1, -0.05) is 12.1 Å². The smallest absolute Gasteiger partial charge is 0.131 e. The summed E-state index contributed by atoms with van der Waals surface area (Å²) in [6.07, 6.45) is 2.45. The lowest BCUT2D eigenvalue weighted by molar-refractivity contribution is 0.415. The van der Waals surface area contributed by atoms with Gasteiger partial charge in [-0.25, -0.2) is 4.98 Å². The minimum atomic E-state index is 0.331. The Balaban J connectivity index is 2.11. The maximum atomic E-state index is 6.35. The Bertz CT molecular complexity index is 627. The third kappa shape index (κ3) is 2.15. The lowest BCUT2D eigenvalue weighted by atomic mass is 10.1. The van der Waals surface area contributed by atoms with Gasteiger partial charge in [0.1, 0.15) is 23.1 Å². The zero-order valence-corrected chi connectivity index (χ0v) is 12.3. The molecule has 1 aliphatic carbocycles. The van der Waals surface area contributed by atoms with Crippen LogP contribution in [0, 0.1) is 0 Å². The number of nitrogen functional groups attached to an aromatic ring is 1. The number of ether oxygens (including phenoxy) is 1. The van der Waals surface area contributed by atoms with Crippen molar-refractivity contribution in [1.29, 1.82) is 0 Å². The zero-order chi connectivity index (χ0) is 14.3. The van der Waals surface area contributed by atoms with E-state index in [1.54, 1.807) is 7.11 Å². The van der Waals surface area contributed by atoms with Crippen molar-refractivity contribution < 1.29 is 4.74 Å². The Morgan fingerprint density at radius 2 is 2.10 bits per heavy atom. The highest BCUT2D eigenvalue weighted by atomic mass is 16.5. The number of aromatic nitrogens is 2. The monoisotopic (exact) mass is 271 g/mol. The second-order valence-electron chi connectivity index (χ2n) is 5.67. The SMILES string of the molecule is COc1cccc(-c2nc(C3CC3)n(C(C)C)c2N)c1. The van der Waals surface area contributed by atoms with E-state index in [2.05, 4.69) is 18.4 Å². The van der Waals surface area contributed by atoms with Gasteiger partial charge < -0.3 is 15.0 Å². The summed E-state index contributed by atoms with van der Waals surface area (Å²) in [5.74, 6) is 3.30. The molecule has 1 fully saturated rings. The second-order valence-corrected chi connectivity index (χ2v) is 5.67. The second kappa shape index (κ2) is 4.85. The summed E-state index contributed by atoms with van der Waals surface area (Å²) in [5, 5.41) is 0. The van der Waals surface area contributed by atoms with Crippen molar-refractivity contribution in [2.45, 2.75) is 38.6 Å². The maximum Gasteiger partial charge on any atom is 0.131 e. The van der Waals surface area contributed by atoms with Gasteiger partial charge in [-0.05, 0) is 38.8 Å². The van der Waals surface area contributed by atoms with E-state index in [4.69, 9.17) is 15.5 Å². The highest BCUT2D eigenvalue weighted by Gasteiger charge is 2.31. The first-order chi connectivity index (χ1) is 9.61. The fourth-order valence-corrected chi connectivity index (χ4v) is 2.62. The van der Waals surface area contributed by atoms with Crippen LogP contribution in [0.15, 0.2) is 24.3 Å². The molecule has 1 aromatic carbocycles. The van der Waals surface area contributed by atoms with Crippen LogP contribution in [0.2, 0.25) is 0 Å². The van der Waals surface area contributed by atoms with Gasteiger partial charge in [-0.3, -0.25) is 0 Å². The van der Waals surface area contributed by atoms with Crippen molar-refractivity contribution in [3.63, 3.8) is 0 Å². The Kier molecular flexibility index (Phi) is 3.16. The summed E-state index contributed by atoms with van der Waals surface area (Å²) in [5.41, 5.74) is 8.25. The molecule has 0 unspecified atom stereocenters. The van der Waals surface area contributed by atoms with Crippen molar-refractivity contribution in [1.82, 2.24) is 9.55 Å². The van der Waals surface area contributed by atoms with E-state index in [1.807, 2.05) is 24.3 Å². The van der Waals surface area contributed by atoms with Gasteiger partial charge in [0.15, 0.2) is 0 Å². The lowest BCUT2D eigenvalue weighted by Crippen LogP contribution is -2.08. The highest BCUT2D eigenvalue weighted by molar-refractivity contribution is 5.72. The summed E-state index contributed by atoms with van der Waals surface area (Å²) in [6, 6.07) is 8.25. The molecule has 4 heteroatoms. The molecule has 2 N–H and O–H groups in total. The molecule has 1 aromatic heterocycles. The fraction of sp³-hybridized carbons (Fsp3) is 0.438. The number of nitrogens with two attached hydrogens (primary N) is 1. The molecule has 0 amide bonds. The van der Waals surface area contributed by atoms with E-state index < -0.39 is 0 Å². The molecule has 0 bridgehead atoms. The van der Waals surface area contributed by atoms with E-state index in [-0.39, 0.29) is 0 Å². The van der Waals surface area contributed by atoms with Crippen LogP contribution in [0.4, 0.5) is 5.82 Å². The van der Waals surface area contributed by atoms with Crippen molar-refractivity contribution in [2.75, 3.05) is 12.8 Å². The normalized spacial score (nSPS) is 14.8. The van der Waals surface area contributed by atoms with Crippen molar-refractivity contribution in [3.8, 4) is 17.0 Å². The standard InChI is InChI=1S/C16H21N3O/c1-10(2)19-15(17)14(18-16(19)11-7-8-11)12-5-4-6-13(9-12)20-3/h4-6,9-11H,7-8,17H2,1-3H3. The molecule has 20 heavy (non-hydrogen) atoms. The molecule has 0 radical (unpaired) electrons. The van der Waals surface area contributed by atoms with E-state index in [0.717, 1.165) is 28.6 Å². The quantitative estimate of drug-likeness (QED) is 0.924. The summed E-state index contributed by atoms with van der Waals surface area (Å²) in [4.78, 5) is 4.82. The topological polar surface area (TPSA) is 53.1 Å². The predicted molar refractivity (Wildman–Crippen MR) is 81.0 cm³/mol. The van der Waals surface area contributed by atoms with E-state index in [0.29, 0.717) is 12.0 Å². The molecule has 1 heterocycles. The lowest BCUT2D eigenvalue weighted by Gasteiger charge is -2.13. The Hall–Kier alpha value is -1.97. The van der Waals surface area contributed by atoms with Gasteiger partial charge in [0.05, 0.1) is 7.11 Å². The van der Waals surface area contributed by atoms with Crippen LogP contribution in [0.5, 0.6) is 5.75 Å². The van der Waals surface area contributed by atoms with Crippen LogP contribution in [0.25, 0.3) is 11.3 Å². The number of anilines is 1. The summed E-state index contributed by atoms with van der Waals surface area (Å²) in [7, 11) is 1.67. The average Bonchev–Trinajstić information content (AvgIpc) is 3.22. The molecular formula is C16H21N3O. The maximum absolute atomic E-state index is 6.35. The fourth-order valence-electron chi connectivity index (χ4n) is 2.62. The number of hydrogen-bond donors (Lipinski definition) is 1. The number of methoxy groups -OCH3 is 1. The van der Waals surface area contributed by atoms with Crippen molar-refractivity contribution in [3.05, 3.63) is 30.1 Å². The first-order valence-electron chi connectivity index (χ1n) is 7.13. The van der Waals surface area contributed by atoms with Crippen molar-refractivity contribution >= 4 is 5.82 Å². The molecule has 106 valence electrons. The Labute approximate surface area is 119 Å². The number of nitrogens with zero attached hydrogens (tertiary/aromatic N) is 2. The van der Waals surface area contributed by atoms with Gasteiger partial charge in [-0.15, -0.1) is 0 Å². The van der Waals surface area contributed by atoms with Crippen LogP contribution in [0.3, 0.4) is 0 Å². The molecule has 0 saturated heterocycles. The third-order valence-corrected chi connectivity index (χ3v) is 3.78. The van der Waals surface area contributed by atoms with Gasteiger partial charge in [-0.2, -0.15) is 0 Å². The Morgan fingerprint density at radius 3 is 2.70 bits per heavy atom. The number of imidazole rings is 1.